The lowest BCUT2D eigenvalue weighted by Gasteiger charge is -2.35. The highest BCUT2D eigenvalue weighted by atomic mass is 16.2. The Morgan fingerprint density at radius 1 is 0.946 bits per heavy atom. The van der Waals surface area contributed by atoms with Crippen LogP contribution in [0.25, 0.3) is 11.0 Å². The largest absolute Gasteiger partial charge is 0.329 e. The predicted octanol–water partition coefficient (Wildman–Crippen LogP) is 1.98. The molecule has 3 aliphatic rings. The van der Waals surface area contributed by atoms with E-state index in [0.717, 1.165) is 42.5 Å². The number of hydrogen-bond donors (Lipinski definition) is 2. The van der Waals surface area contributed by atoms with Gasteiger partial charge in [-0.25, -0.2) is 4.79 Å². The Labute approximate surface area is 219 Å². The van der Waals surface area contributed by atoms with Gasteiger partial charge in [-0.05, 0) is 94.6 Å². The predicted molar refractivity (Wildman–Crippen MR) is 144 cm³/mol. The average molecular weight is 511 g/mol. The third-order valence-electron chi connectivity index (χ3n) is 8.82. The fraction of sp³-hybridized carbons (Fsp3) is 0.679. The standard InChI is InChI=1S/C28H42N6O3/c1-31(16-19-3-6-22(29)7-4-19)17-20-11-13-33(14-12-20)18-21-5-8-23-25(15-21)32(2)28(37)34(23)24-9-10-26(35)30-27(24)36/h5,8,15,19-20,22,24H,3-4,6-7,9-14,16-18,29H2,1-2H3,(H,30,35,36)/t19-,22-,24?. The van der Waals surface area contributed by atoms with Crippen molar-refractivity contribution in [3.05, 3.63) is 34.2 Å². The van der Waals surface area contributed by atoms with Crippen LogP contribution in [0, 0.1) is 11.8 Å². The number of rotatable bonds is 7. The SMILES string of the molecule is CN(CC1CCN(Cc2ccc3c(c2)n(C)c(=O)n3C2CCC(=O)NC2=O)CC1)C[C@H]1CC[C@H](N)CC1. The molecule has 1 saturated carbocycles. The normalized spacial score (nSPS) is 26.2. The fourth-order valence-corrected chi connectivity index (χ4v) is 6.65. The average Bonchev–Trinajstić information content (AvgIpc) is 3.11. The lowest BCUT2D eigenvalue weighted by Crippen LogP contribution is -2.44. The van der Waals surface area contributed by atoms with Crippen molar-refractivity contribution in [2.24, 2.45) is 24.6 Å². The van der Waals surface area contributed by atoms with Gasteiger partial charge in [0, 0.05) is 39.1 Å². The number of carbonyl (C=O) groups is 2. The summed E-state index contributed by atoms with van der Waals surface area (Å²) >= 11 is 0. The van der Waals surface area contributed by atoms with Crippen LogP contribution >= 0.6 is 0 Å². The first kappa shape index (κ1) is 26.1. The molecule has 0 bridgehead atoms. The number of benzene rings is 1. The van der Waals surface area contributed by atoms with Gasteiger partial charge in [0.25, 0.3) is 0 Å². The molecule has 0 spiro atoms. The van der Waals surface area contributed by atoms with Crippen LogP contribution in [-0.4, -0.2) is 70.0 Å². The van der Waals surface area contributed by atoms with E-state index in [1.54, 1.807) is 16.2 Å². The number of aryl methyl sites for hydroxylation is 1. The Bertz CT molecular complexity index is 1190. The van der Waals surface area contributed by atoms with Crippen molar-refractivity contribution < 1.29 is 9.59 Å². The maximum atomic E-state index is 13.0. The molecule has 0 radical (unpaired) electrons. The second-order valence-electron chi connectivity index (χ2n) is 11.7. The van der Waals surface area contributed by atoms with Gasteiger partial charge in [-0.15, -0.1) is 0 Å². The van der Waals surface area contributed by atoms with E-state index in [1.165, 1.54) is 57.2 Å². The first-order valence-corrected chi connectivity index (χ1v) is 14.0. The van der Waals surface area contributed by atoms with Crippen molar-refractivity contribution in [2.45, 2.75) is 70.0 Å². The van der Waals surface area contributed by atoms with Crippen LogP contribution in [0.2, 0.25) is 0 Å². The molecule has 37 heavy (non-hydrogen) atoms. The number of aromatic nitrogens is 2. The number of piperidine rings is 2. The molecule has 2 aromatic rings. The topological polar surface area (TPSA) is 106 Å². The molecule has 1 atom stereocenters. The number of nitrogens with two attached hydrogens (primary N) is 1. The van der Waals surface area contributed by atoms with Crippen molar-refractivity contribution in [3.63, 3.8) is 0 Å². The second kappa shape index (κ2) is 11.1. The first-order valence-electron chi connectivity index (χ1n) is 14.0. The van der Waals surface area contributed by atoms with E-state index in [-0.39, 0.29) is 18.0 Å². The van der Waals surface area contributed by atoms with Crippen LogP contribution in [0.5, 0.6) is 0 Å². The minimum absolute atomic E-state index is 0.220. The first-order chi connectivity index (χ1) is 17.8. The molecular formula is C28H42N6O3. The van der Waals surface area contributed by atoms with Crippen LogP contribution in [0.15, 0.2) is 23.0 Å². The molecule has 3 heterocycles. The van der Waals surface area contributed by atoms with Crippen LogP contribution in [0.1, 0.15) is 63.0 Å². The van der Waals surface area contributed by atoms with Crippen molar-refractivity contribution in [1.82, 2.24) is 24.3 Å². The van der Waals surface area contributed by atoms with E-state index in [2.05, 4.69) is 34.3 Å². The zero-order valence-electron chi connectivity index (χ0n) is 22.3. The van der Waals surface area contributed by atoms with Gasteiger partial charge >= 0.3 is 5.69 Å². The lowest BCUT2D eigenvalue weighted by molar-refractivity contribution is -0.135. The van der Waals surface area contributed by atoms with Crippen LogP contribution < -0.4 is 16.7 Å². The van der Waals surface area contributed by atoms with E-state index >= 15 is 0 Å². The number of fused-ring (bicyclic) bond motifs is 1. The number of carbonyl (C=O) groups excluding carboxylic acids is 2. The van der Waals surface area contributed by atoms with Gasteiger partial charge in [-0.1, -0.05) is 6.07 Å². The molecule has 1 aromatic carbocycles. The highest BCUT2D eigenvalue weighted by molar-refractivity contribution is 6.00. The summed E-state index contributed by atoms with van der Waals surface area (Å²) < 4.78 is 3.16. The van der Waals surface area contributed by atoms with Crippen molar-refractivity contribution in [2.75, 3.05) is 33.2 Å². The van der Waals surface area contributed by atoms with E-state index < -0.39 is 11.9 Å². The summed E-state index contributed by atoms with van der Waals surface area (Å²) in [6.45, 7) is 5.41. The van der Waals surface area contributed by atoms with Gasteiger partial charge in [-0.3, -0.25) is 28.9 Å². The van der Waals surface area contributed by atoms with Crippen molar-refractivity contribution in [1.29, 1.82) is 0 Å². The Morgan fingerprint density at radius 2 is 1.62 bits per heavy atom. The summed E-state index contributed by atoms with van der Waals surface area (Å²) in [6.07, 6.45) is 7.94. The molecule has 1 unspecified atom stereocenters. The monoisotopic (exact) mass is 510 g/mol. The Balaban J connectivity index is 1.17. The molecule has 202 valence electrons. The van der Waals surface area contributed by atoms with E-state index in [0.29, 0.717) is 12.5 Å². The van der Waals surface area contributed by atoms with Gasteiger partial charge in [0.05, 0.1) is 11.0 Å². The smallest absolute Gasteiger partial charge is 0.328 e. The number of amides is 2. The highest BCUT2D eigenvalue weighted by Crippen LogP contribution is 2.27. The van der Waals surface area contributed by atoms with Gasteiger partial charge in [0.15, 0.2) is 0 Å². The number of imide groups is 1. The second-order valence-corrected chi connectivity index (χ2v) is 11.7. The minimum Gasteiger partial charge on any atom is -0.328 e. The maximum absolute atomic E-state index is 13.0. The Kier molecular flexibility index (Phi) is 7.83. The third-order valence-corrected chi connectivity index (χ3v) is 8.82. The van der Waals surface area contributed by atoms with Gasteiger partial charge < -0.3 is 10.6 Å². The van der Waals surface area contributed by atoms with E-state index in [4.69, 9.17) is 5.73 Å². The third kappa shape index (κ3) is 5.84. The van der Waals surface area contributed by atoms with Crippen LogP contribution in [-0.2, 0) is 23.2 Å². The number of likely N-dealkylation sites (tertiary alicyclic amines) is 1. The molecule has 3 fully saturated rings. The van der Waals surface area contributed by atoms with Gasteiger partial charge in [0.2, 0.25) is 11.8 Å². The molecule has 3 N–H and O–H groups in total. The highest BCUT2D eigenvalue weighted by Gasteiger charge is 2.31. The Morgan fingerprint density at radius 3 is 2.30 bits per heavy atom. The zero-order valence-corrected chi connectivity index (χ0v) is 22.3. The van der Waals surface area contributed by atoms with Gasteiger partial charge in [-0.2, -0.15) is 0 Å². The van der Waals surface area contributed by atoms with Crippen LogP contribution in [0.4, 0.5) is 0 Å². The summed E-state index contributed by atoms with van der Waals surface area (Å²) in [6, 6.07) is 5.87. The number of imidazole rings is 1. The molecule has 5 rings (SSSR count). The summed E-state index contributed by atoms with van der Waals surface area (Å²) in [7, 11) is 4.03. The Hall–Kier alpha value is -2.49. The molecule has 2 saturated heterocycles. The summed E-state index contributed by atoms with van der Waals surface area (Å²) in [5, 5.41) is 2.37. The molecule has 2 aliphatic heterocycles. The summed E-state index contributed by atoms with van der Waals surface area (Å²) in [4.78, 5) is 42.1. The van der Waals surface area contributed by atoms with Crippen LogP contribution in [0.3, 0.4) is 0 Å². The molecule has 9 heteroatoms. The molecule has 1 aliphatic carbocycles. The lowest BCUT2D eigenvalue weighted by atomic mass is 9.86. The van der Waals surface area contributed by atoms with Gasteiger partial charge in [0.1, 0.15) is 6.04 Å². The molecule has 9 nitrogen and oxygen atoms in total. The summed E-state index contributed by atoms with van der Waals surface area (Å²) in [5.41, 5.74) is 8.59. The number of nitrogens with one attached hydrogen (secondary N) is 1. The maximum Gasteiger partial charge on any atom is 0.329 e. The molecule has 1 aromatic heterocycles. The fourth-order valence-electron chi connectivity index (χ4n) is 6.65. The van der Waals surface area contributed by atoms with Crippen molar-refractivity contribution in [3.8, 4) is 0 Å². The zero-order chi connectivity index (χ0) is 26.1. The molecule has 2 amide bonds. The van der Waals surface area contributed by atoms with Crippen molar-refractivity contribution >= 4 is 22.8 Å². The minimum atomic E-state index is -0.646. The molecular weight excluding hydrogens is 468 g/mol. The number of nitrogens with zero attached hydrogens (tertiary/aromatic N) is 4. The number of hydrogen-bond acceptors (Lipinski definition) is 6. The summed E-state index contributed by atoms with van der Waals surface area (Å²) in [5.74, 6) is 0.881. The van der Waals surface area contributed by atoms with E-state index in [9.17, 15) is 14.4 Å². The quantitative estimate of drug-likeness (QED) is 0.552. The van der Waals surface area contributed by atoms with E-state index in [1.807, 2.05) is 6.07 Å².